The topological polar surface area (TPSA) is 15.3 Å². The first-order valence-electron chi connectivity index (χ1n) is 6.71. The van der Waals surface area contributed by atoms with Crippen molar-refractivity contribution in [2.24, 2.45) is 0 Å². The lowest BCUT2D eigenvalue weighted by Crippen LogP contribution is -2.31. The Kier molecular flexibility index (Phi) is 6.26. The lowest BCUT2D eigenvalue weighted by molar-refractivity contribution is 0.239. The van der Waals surface area contributed by atoms with E-state index in [1.165, 1.54) is 51.7 Å². The van der Waals surface area contributed by atoms with Crippen LogP contribution in [0.5, 0.6) is 0 Å². The molecule has 1 heterocycles. The normalized spacial score (nSPS) is 22.8. The number of nitrogens with one attached hydrogen (secondary N) is 1. The number of nitrogens with zero attached hydrogens (tertiary/aromatic N) is 1. The first-order valence-corrected chi connectivity index (χ1v) is 6.71. The van der Waals surface area contributed by atoms with E-state index < -0.39 is 0 Å². The summed E-state index contributed by atoms with van der Waals surface area (Å²) in [6.45, 7) is 10.6. The van der Waals surface area contributed by atoms with Gasteiger partial charge in [-0.05, 0) is 51.7 Å². The van der Waals surface area contributed by atoms with Crippen LogP contribution in [0.1, 0.15) is 52.9 Å². The molecular weight excluding hydrogens is 184 g/mol. The van der Waals surface area contributed by atoms with Gasteiger partial charge in [0.05, 0.1) is 0 Å². The molecule has 0 aromatic rings. The van der Waals surface area contributed by atoms with Crippen LogP contribution < -0.4 is 5.32 Å². The summed E-state index contributed by atoms with van der Waals surface area (Å²) >= 11 is 0. The Hall–Kier alpha value is -0.0800. The fraction of sp³-hybridized carbons (Fsp3) is 1.00. The molecule has 1 rings (SSSR count). The van der Waals surface area contributed by atoms with Gasteiger partial charge in [-0.1, -0.05) is 20.8 Å². The van der Waals surface area contributed by atoms with Crippen LogP contribution in [-0.2, 0) is 0 Å². The van der Waals surface area contributed by atoms with Gasteiger partial charge >= 0.3 is 0 Å². The highest BCUT2D eigenvalue weighted by atomic mass is 15.2. The molecule has 90 valence electrons. The summed E-state index contributed by atoms with van der Waals surface area (Å²) < 4.78 is 0. The monoisotopic (exact) mass is 212 g/mol. The Morgan fingerprint density at radius 3 is 2.87 bits per heavy atom. The van der Waals surface area contributed by atoms with E-state index in [9.17, 15) is 0 Å². The van der Waals surface area contributed by atoms with E-state index in [0.29, 0.717) is 6.04 Å². The Morgan fingerprint density at radius 2 is 2.20 bits per heavy atom. The van der Waals surface area contributed by atoms with Crippen molar-refractivity contribution in [3.63, 3.8) is 0 Å². The second-order valence-electron chi connectivity index (χ2n) is 5.08. The third kappa shape index (κ3) is 4.98. The molecule has 0 aliphatic carbocycles. The van der Waals surface area contributed by atoms with Gasteiger partial charge in [0.15, 0.2) is 0 Å². The molecular formula is C13H28N2. The van der Waals surface area contributed by atoms with E-state index in [0.717, 1.165) is 6.04 Å². The Balaban J connectivity index is 2.09. The lowest BCUT2D eigenvalue weighted by Gasteiger charge is -2.23. The lowest BCUT2D eigenvalue weighted by atomic mass is 10.1. The predicted molar refractivity (Wildman–Crippen MR) is 67.3 cm³/mol. The summed E-state index contributed by atoms with van der Waals surface area (Å²) in [5.41, 5.74) is 0. The van der Waals surface area contributed by atoms with Crippen LogP contribution in [0.15, 0.2) is 0 Å². The van der Waals surface area contributed by atoms with Crippen LogP contribution in [0, 0.1) is 0 Å². The average Bonchev–Trinajstić information content (AvgIpc) is 2.61. The maximum absolute atomic E-state index is 3.50. The predicted octanol–water partition coefficient (Wildman–Crippen LogP) is 2.64. The molecule has 2 nitrogen and oxygen atoms in total. The molecule has 1 aliphatic heterocycles. The van der Waals surface area contributed by atoms with Crippen molar-refractivity contribution >= 4 is 0 Å². The first kappa shape index (κ1) is 13.0. The minimum Gasteiger partial charge on any atom is -0.315 e. The number of likely N-dealkylation sites (tertiary alicyclic amines) is 1. The SMILES string of the molecule is CCCN1CCC[C@H]1CCCNC(C)C. The molecule has 0 unspecified atom stereocenters. The average molecular weight is 212 g/mol. The van der Waals surface area contributed by atoms with Gasteiger partial charge < -0.3 is 10.2 Å². The third-order valence-electron chi connectivity index (χ3n) is 3.28. The van der Waals surface area contributed by atoms with Crippen LogP contribution in [0.3, 0.4) is 0 Å². The van der Waals surface area contributed by atoms with Crippen molar-refractivity contribution in [2.75, 3.05) is 19.6 Å². The Labute approximate surface area is 95.4 Å². The molecule has 0 aromatic carbocycles. The largest absolute Gasteiger partial charge is 0.315 e. The van der Waals surface area contributed by atoms with Crippen LogP contribution in [-0.4, -0.2) is 36.6 Å². The smallest absolute Gasteiger partial charge is 0.00962 e. The summed E-state index contributed by atoms with van der Waals surface area (Å²) in [5, 5.41) is 3.50. The zero-order chi connectivity index (χ0) is 11.1. The molecule has 0 amide bonds. The molecule has 0 spiro atoms. The van der Waals surface area contributed by atoms with Gasteiger partial charge in [0.25, 0.3) is 0 Å². The second-order valence-corrected chi connectivity index (χ2v) is 5.08. The molecule has 2 heteroatoms. The van der Waals surface area contributed by atoms with Crippen molar-refractivity contribution in [1.29, 1.82) is 0 Å². The van der Waals surface area contributed by atoms with Gasteiger partial charge in [0.1, 0.15) is 0 Å². The number of hydrogen-bond donors (Lipinski definition) is 1. The van der Waals surface area contributed by atoms with E-state index in [-0.39, 0.29) is 0 Å². The Bertz CT molecular complexity index is 157. The second kappa shape index (κ2) is 7.24. The van der Waals surface area contributed by atoms with Crippen molar-refractivity contribution < 1.29 is 0 Å². The van der Waals surface area contributed by atoms with Gasteiger partial charge in [-0.3, -0.25) is 0 Å². The highest BCUT2D eigenvalue weighted by Crippen LogP contribution is 2.21. The van der Waals surface area contributed by atoms with Crippen molar-refractivity contribution in [3.05, 3.63) is 0 Å². The highest BCUT2D eigenvalue weighted by molar-refractivity contribution is 4.78. The molecule has 1 aliphatic rings. The minimum absolute atomic E-state index is 0.639. The number of hydrogen-bond acceptors (Lipinski definition) is 2. The summed E-state index contributed by atoms with van der Waals surface area (Å²) in [5.74, 6) is 0. The fourth-order valence-corrected chi connectivity index (χ4v) is 2.53. The van der Waals surface area contributed by atoms with Gasteiger partial charge in [-0.15, -0.1) is 0 Å². The molecule has 1 N–H and O–H groups in total. The molecule has 15 heavy (non-hydrogen) atoms. The molecule has 0 aromatic heterocycles. The van der Waals surface area contributed by atoms with Gasteiger partial charge in [-0.2, -0.15) is 0 Å². The summed E-state index contributed by atoms with van der Waals surface area (Å²) in [4.78, 5) is 2.69. The third-order valence-corrected chi connectivity index (χ3v) is 3.28. The highest BCUT2D eigenvalue weighted by Gasteiger charge is 2.22. The maximum Gasteiger partial charge on any atom is 0.00962 e. The zero-order valence-corrected chi connectivity index (χ0v) is 10.8. The molecule has 0 saturated carbocycles. The van der Waals surface area contributed by atoms with Gasteiger partial charge in [0, 0.05) is 12.1 Å². The summed E-state index contributed by atoms with van der Waals surface area (Å²) in [7, 11) is 0. The van der Waals surface area contributed by atoms with Gasteiger partial charge in [0.2, 0.25) is 0 Å². The van der Waals surface area contributed by atoms with Crippen LogP contribution >= 0.6 is 0 Å². The van der Waals surface area contributed by atoms with Gasteiger partial charge in [-0.25, -0.2) is 0 Å². The van der Waals surface area contributed by atoms with Crippen molar-refractivity contribution in [3.8, 4) is 0 Å². The quantitative estimate of drug-likeness (QED) is 0.653. The van der Waals surface area contributed by atoms with Crippen LogP contribution in [0.25, 0.3) is 0 Å². The van der Waals surface area contributed by atoms with E-state index in [4.69, 9.17) is 0 Å². The maximum atomic E-state index is 3.50. The zero-order valence-electron chi connectivity index (χ0n) is 10.8. The van der Waals surface area contributed by atoms with Crippen LogP contribution in [0.4, 0.5) is 0 Å². The number of rotatable bonds is 7. The molecule has 1 saturated heterocycles. The van der Waals surface area contributed by atoms with E-state index in [1.54, 1.807) is 0 Å². The standard InChI is InChI=1S/C13H28N2/c1-4-10-15-11-6-8-13(15)7-5-9-14-12(2)3/h12-14H,4-11H2,1-3H3/t13-/m1/s1. The first-order chi connectivity index (χ1) is 7.24. The summed E-state index contributed by atoms with van der Waals surface area (Å²) in [6, 6.07) is 1.53. The molecule has 0 radical (unpaired) electrons. The fourth-order valence-electron chi connectivity index (χ4n) is 2.53. The van der Waals surface area contributed by atoms with E-state index in [2.05, 4.69) is 31.0 Å². The minimum atomic E-state index is 0.639. The summed E-state index contributed by atoms with van der Waals surface area (Å²) in [6.07, 6.45) is 6.88. The molecule has 1 atom stereocenters. The van der Waals surface area contributed by atoms with E-state index in [1.807, 2.05) is 0 Å². The molecule has 0 bridgehead atoms. The Morgan fingerprint density at radius 1 is 1.40 bits per heavy atom. The van der Waals surface area contributed by atoms with Crippen molar-refractivity contribution in [2.45, 2.75) is 65.0 Å². The van der Waals surface area contributed by atoms with Crippen molar-refractivity contribution in [1.82, 2.24) is 10.2 Å². The molecule has 1 fully saturated rings. The van der Waals surface area contributed by atoms with E-state index >= 15 is 0 Å². The van der Waals surface area contributed by atoms with Crippen LogP contribution in [0.2, 0.25) is 0 Å².